The van der Waals surface area contributed by atoms with E-state index in [2.05, 4.69) is 74.0 Å². The molecule has 1 aromatic carbocycles. The van der Waals surface area contributed by atoms with E-state index >= 15 is 0 Å². The summed E-state index contributed by atoms with van der Waals surface area (Å²) in [5.41, 5.74) is 9.77. The molecule has 0 saturated heterocycles. The van der Waals surface area contributed by atoms with E-state index in [0.717, 1.165) is 40.0 Å². The number of ether oxygens (including phenoxy) is 1. The highest BCUT2D eigenvalue weighted by atomic mass is 16.7. The predicted molar refractivity (Wildman–Crippen MR) is 117 cm³/mol. The fourth-order valence-corrected chi connectivity index (χ4v) is 3.89. The summed E-state index contributed by atoms with van der Waals surface area (Å²) in [5.74, 6) is 0.904. The van der Waals surface area contributed by atoms with Crippen molar-refractivity contribution in [1.29, 1.82) is 0 Å². The second-order valence-electron chi connectivity index (χ2n) is 8.28. The summed E-state index contributed by atoms with van der Waals surface area (Å²) in [7, 11) is 0. The van der Waals surface area contributed by atoms with Gasteiger partial charge in [-0.2, -0.15) is 0 Å². The Morgan fingerprint density at radius 1 is 1.20 bits per heavy atom. The Bertz CT molecular complexity index is 1160. The predicted octanol–water partition coefficient (Wildman–Crippen LogP) is 4.88. The van der Waals surface area contributed by atoms with Crippen LogP contribution in [0.1, 0.15) is 59.7 Å². The van der Waals surface area contributed by atoms with Crippen LogP contribution in [0.3, 0.4) is 0 Å². The lowest BCUT2D eigenvalue weighted by atomic mass is 9.94. The van der Waals surface area contributed by atoms with Gasteiger partial charge in [-0.05, 0) is 72.7 Å². The van der Waals surface area contributed by atoms with Crippen molar-refractivity contribution >= 4 is 22.7 Å². The molecular formula is C24H27N3O3. The number of hydrogen-bond donors (Lipinski definition) is 1. The minimum Gasteiger partial charge on any atom is -0.487 e. The fourth-order valence-electron chi connectivity index (χ4n) is 3.89. The molecular weight excluding hydrogens is 378 g/mol. The molecule has 0 unspecified atom stereocenters. The smallest absolute Gasteiger partial charge is 0.340 e. The first-order chi connectivity index (χ1) is 14.3. The Balaban J connectivity index is 1.59. The van der Waals surface area contributed by atoms with Gasteiger partial charge in [0, 0.05) is 18.3 Å². The fraction of sp³-hybridized carbons (Fsp3) is 0.375. The van der Waals surface area contributed by atoms with Crippen LogP contribution in [-0.4, -0.2) is 28.3 Å². The summed E-state index contributed by atoms with van der Waals surface area (Å²) in [5, 5.41) is 3.75. The van der Waals surface area contributed by atoms with E-state index in [4.69, 9.17) is 9.72 Å². The van der Waals surface area contributed by atoms with Crippen molar-refractivity contribution < 1.29 is 14.4 Å². The second kappa shape index (κ2) is 7.94. The Morgan fingerprint density at radius 3 is 2.70 bits per heavy atom. The third kappa shape index (κ3) is 3.82. The molecule has 156 valence electrons. The molecule has 4 rings (SSSR count). The van der Waals surface area contributed by atoms with Crippen molar-refractivity contribution in [2.45, 2.75) is 53.4 Å². The average Bonchev–Trinajstić information content (AvgIpc) is 3.32. The van der Waals surface area contributed by atoms with Crippen LogP contribution in [0.5, 0.6) is 5.75 Å². The molecule has 6 heteroatoms. The molecule has 0 bridgehead atoms. The lowest BCUT2D eigenvalue weighted by molar-refractivity contribution is -0.140. The molecule has 3 aromatic rings. The van der Waals surface area contributed by atoms with E-state index in [0.29, 0.717) is 11.6 Å². The SMILES string of the molecule is Cc1cc(OCC2=NOC(=O)C2)c(C)c(C)c1Cc1ccc2[nH]cc(C(C)C)c2n1. The minimum absolute atomic E-state index is 0.195. The molecule has 3 heterocycles. The van der Waals surface area contributed by atoms with Gasteiger partial charge in [-0.3, -0.25) is 4.98 Å². The van der Waals surface area contributed by atoms with Crippen molar-refractivity contribution in [2.75, 3.05) is 6.61 Å². The topological polar surface area (TPSA) is 76.6 Å². The van der Waals surface area contributed by atoms with Crippen LogP contribution in [0.2, 0.25) is 0 Å². The molecule has 0 amide bonds. The molecule has 0 atom stereocenters. The van der Waals surface area contributed by atoms with E-state index in [1.54, 1.807) is 0 Å². The number of nitrogens with one attached hydrogen (secondary N) is 1. The number of fused-ring (bicyclic) bond motifs is 1. The Kier molecular flexibility index (Phi) is 5.33. The van der Waals surface area contributed by atoms with Crippen molar-refractivity contribution in [3.05, 3.63) is 57.9 Å². The summed E-state index contributed by atoms with van der Waals surface area (Å²) >= 11 is 0. The van der Waals surface area contributed by atoms with Crippen LogP contribution < -0.4 is 4.74 Å². The van der Waals surface area contributed by atoms with Crippen LogP contribution in [0, 0.1) is 20.8 Å². The van der Waals surface area contributed by atoms with Crippen molar-refractivity contribution in [3.8, 4) is 5.75 Å². The number of nitrogens with zero attached hydrogens (tertiary/aromatic N) is 2. The molecule has 0 spiro atoms. The molecule has 0 fully saturated rings. The Morgan fingerprint density at radius 2 is 2.00 bits per heavy atom. The largest absolute Gasteiger partial charge is 0.487 e. The van der Waals surface area contributed by atoms with Crippen molar-refractivity contribution in [1.82, 2.24) is 9.97 Å². The molecule has 0 radical (unpaired) electrons. The second-order valence-corrected chi connectivity index (χ2v) is 8.28. The molecule has 0 aliphatic carbocycles. The molecule has 6 nitrogen and oxygen atoms in total. The van der Waals surface area contributed by atoms with E-state index in [1.807, 2.05) is 0 Å². The monoisotopic (exact) mass is 405 g/mol. The zero-order chi connectivity index (χ0) is 21.4. The zero-order valence-electron chi connectivity index (χ0n) is 18.1. The molecule has 1 aliphatic rings. The van der Waals surface area contributed by atoms with Gasteiger partial charge in [-0.15, -0.1) is 0 Å². The molecule has 30 heavy (non-hydrogen) atoms. The highest BCUT2D eigenvalue weighted by Gasteiger charge is 2.19. The van der Waals surface area contributed by atoms with E-state index in [-0.39, 0.29) is 19.0 Å². The first-order valence-electron chi connectivity index (χ1n) is 10.3. The van der Waals surface area contributed by atoms with Gasteiger partial charge in [-0.25, -0.2) is 4.79 Å². The first kappa shape index (κ1) is 20.1. The molecule has 1 N–H and O–H groups in total. The lowest BCUT2D eigenvalue weighted by Gasteiger charge is -2.17. The van der Waals surface area contributed by atoms with Gasteiger partial charge in [0.05, 0.1) is 17.5 Å². The average molecular weight is 405 g/mol. The third-order valence-electron chi connectivity index (χ3n) is 5.82. The van der Waals surface area contributed by atoms with Gasteiger partial charge in [0.15, 0.2) is 0 Å². The maximum atomic E-state index is 11.2. The van der Waals surface area contributed by atoms with Gasteiger partial charge >= 0.3 is 5.97 Å². The normalized spacial score (nSPS) is 13.8. The van der Waals surface area contributed by atoms with Crippen LogP contribution in [-0.2, 0) is 16.1 Å². The number of oxime groups is 1. The molecule has 0 saturated carbocycles. The van der Waals surface area contributed by atoms with Crippen LogP contribution >= 0.6 is 0 Å². The van der Waals surface area contributed by atoms with Crippen LogP contribution in [0.25, 0.3) is 11.0 Å². The summed E-state index contributed by atoms with van der Waals surface area (Å²) in [6.45, 7) is 10.9. The first-order valence-corrected chi connectivity index (χ1v) is 10.3. The van der Waals surface area contributed by atoms with Crippen LogP contribution in [0.15, 0.2) is 29.6 Å². The quantitative estimate of drug-likeness (QED) is 0.593. The summed E-state index contributed by atoms with van der Waals surface area (Å²) in [4.78, 5) is 24.1. The summed E-state index contributed by atoms with van der Waals surface area (Å²) in [6, 6.07) is 6.27. The third-order valence-corrected chi connectivity index (χ3v) is 5.82. The number of benzene rings is 1. The standard InChI is InChI=1S/C24H27N3O3/c1-13(2)20-11-25-21-7-6-17(26-24(20)21)9-19-14(3)8-22(16(5)15(19)4)29-12-18-10-23(28)30-27-18/h6-8,11,13,25H,9-10,12H2,1-5H3. The molecule has 1 aliphatic heterocycles. The van der Waals surface area contributed by atoms with Gasteiger partial charge in [0.25, 0.3) is 0 Å². The van der Waals surface area contributed by atoms with E-state index in [1.165, 1.54) is 16.7 Å². The number of aromatic nitrogens is 2. The number of pyridine rings is 1. The van der Waals surface area contributed by atoms with Crippen LogP contribution in [0.4, 0.5) is 0 Å². The van der Waals surface area contributed by atoms with Gasteiger partial charge in [0.2, 0.25) is 0 Å². The number of H-pyrrole nitrogens is 1. The van der Waals surface area contributed by atoms with Gasteiger partial charge in [-0.1, -0.05) is 19.0 Å². The van der Waals surface area contributed by atoms with Crippen molar-refractivity contribution in [2.24, 2.45) is 5.16 Å². The zero-order valence-corrected chi connectivity index (χ0v) is 18.1. The maximum Gasteiger partial charge on any atom is 0.340 e. The maximum absolute atomic E-state index is 11.2. The number of carbonyl (C=O) groups excluding carboxylic acids is 1. The van der Waals surface area contributed by atoms with Gasteiger partial charge in [0.1, 0.15) is 18.1 Å². The number of rotatable bonds is 6. The Hall–Kier alpha value is -3.15. The molecule has 2 aromatic heterocycles. The highest BCUT2D eigenvalue weighted by Crippen LogP contribution is 2.30. The van der Waals surface area contributed by atoms with E-state index in [9.17, 15) is 4.79 Å². The Labute approximate surface area is 176 Å². The lowest BCUT2D eigenvalue weighted by Crippen LogP contribution is -2.12. The summed E-state index contributed by atoms with van der Waals surface area (Å²) in [6.07, 6.45) is 3.03. The van der Waals surface area contributed by atoms with Gasteiger partial charge < -0.3 is 14.6 Å². The number of aryl methyl sites for hydroxylation is 1. The van der Waals surface area contributed by atoms with Crippen molar-refractivity contribution in [3.63, 3.8) is 0 Å². The number of carbonyl (C=O) groups is 1. The number of hydrogen-bond acceptors (Lipinski definition) is 5. The summed E-state index contributed by atoms with van der Waals surface area (Å²) < 4.78 is 5.94. The highest BCUT2D eigenvalue weighted by molar-refractivity contribution is 6.02. The van der Waals surface area contributed by atoms with E-state index < -0.39 is 0 Å². The number of aromatic amines is 1. The minimum atomic E-state index is -0.333.